The number of carbonyl (C=O) groups is 1. The van der Waals surface area contributed by atoms with E-state index in [4.69, 9.17) is 9.47 Å². The molecule has 1 aliphatic rings. The molecular formula is C18H25N5O3. The predicted octanol–water partition coefficient (Wildman–Crippen LogP) is 1.75. The summed E-state index contributed by atoms with van der Waals surface area (Å²) >= 11 is 0. The van der Waals surface area contributed by atoms with Crippen molar-refractivity contribution in [1.29, 1.82) is 0 Å². The molecule has 2 aromatic rings. The van der Waals surface area contributed by atoms with E-state index in [1.54, 1.807) is 23.0 Å². The third-order valence-corrected chi connectivity index (χ3v) is 4.15. The Labute approximate surface area is 153 Å². The molecule has 1 aliphatic heterocycles. The standard InChI is InChI=1S/C18H25N5O3/c1-18(2)11-23(10-13-5-6-14(25-4)9-15(13)26-18)17(24)19-8-7-16-20-12-22(3)21-16/h5-6,9,12H,7-8,10-11H2,1-4H3,(H,19,24). The molecule has 1 aromatic heterocycles. The molecule has 8 nitrogen and oxygen atoms in total. The molecule has 140 valence electrons. The number of fused-ring (bicyclic) bond motifs is 1. The van der Waals surface area contributed by atoms with Crippen LogP contribution in [-0.4, -0.2) is 51.5 Å². The fourth-order valence-corrected chi connectivity index (χ4v) is 2.97. The van der Waals surface area contributed by atoms with Gasteiger partial charge in [-0.2, -0.15) is 5.10 Å². The topological polar surface area (TPSA) is 81.5 Å². The Morgan fingerprint density at radius 2 is 2.23 bits per heavy atom. The molecule has 2 amide bonds. The molecule has 3 rings (SSSR count). The number of nitrogens with one attached hydrogen (secondary N) is 1. The van der Waals surface area contributed by atoms with Crippen molar-refractivity contribution in [3.8, 4) is 11.5 Å². The second-order valence-corrected chi connectivity index (χ2v) is 7.01. The number of methoxy groups -OCH3 is 1. The summed E-state index contributed by atoms with van der Waals surface area (Å²) in [6.07, 6.45) is 2.24. The van der Waals surface area contributed by atoms with Crippen molar-refractivity contribution in [3.05, 3.63) is 35.9 Å². The van der Waals surface area contributed by atoms with Gasteiger partial charge in [-0.05, 0) is 26.0 Å². The van der Waals surface area contributed by atoms with Gasteiger partial charge in [0.25, 0.3) is 0 Å². The zero-order valence-corrected chi connectivity index (χ0v) is 15.7. The van der Waals surface area contributed by atoms with E-state index < -0.39 is 5.60 Å². The lowest BCUT2D eigenvalue weighted by Crippen LogP contribution is -2.47. The third-order valence-electron chi connectivity index (χ3n) is 4.15. The van der Waals surface area contributed by atoms with Gasteiger partial charge in [0.1, 0.15) is 23.4 Å². The summed E-state index contributed by atoms with van der Waals surface area (Å²) in [5, 5.41) is 7.16. The van der Waals surface area contributed by atoms with Gasteiger partial charge >= 0.3 is 6.03 Å². The molecule has 0 atom stereocenters. The highest BCUT2D eigenvalue weighted by Crippen LogP contribution is 2.32. The van der Waals surface area contributed by atoms with Gasteiger partial charge in [0.05, 0.1) is 20.2 Å². The number of aryl methyl sites for hydroxylation is 1. The summed E-state index contributed by atoms with van der Waals surface area (Å²) in [5.41, 5.74) is 0.454. The van der Waals surface area contributed by atoms with Crippen molar-refractivity contribution >= 4 is 6.03 Å². The van der Waals surface area contributed by atoms with Crippen LogP contribution < -0.4 is 14.8 Å². The van der Waals surface area contributed by atoms with Gasteiger partial charge in [-0.3, -0.25) is 4.68 Å². The van der Waals surface area contributed by atoms with Crippen LogP contribution in [-0.2, 0) is 20.0 Å². The van der Waals surface area contributed by atoms with Crippen LogP contribution in [0.3, 0.4) is 0 Å². The van der Waals surface area contributed by atoms with Crippen LogP contribution in [0.15, 0.2) is 24.5 Å². The first-order chi connectivity index (χ1) is 12.4. The Kier molecular flexibility index (Phi) is 5.01. The van der Waals surface area contributed by atoms with E-state index in [9.17, 15) is 4.79 Å². The van der Waals surface area contributed by atoms with Gasteiger partial charge in [0.15, 0.2) is 5.82 Å². The summed E-state index contributed by atoms with van der Waals surface area (Å²) in [6.45, 7) is 5.39. The third kappa shape index (κ3) is 4.25. The summed E-state index contributed by atoms with van der Waals surface area (Å²) in [7, 11) is 3.45. The number of carbonyl (C=O) groups excluding carboxylic acids is 1. The van der Waals surface area contributed by atoms with Crippen molar-refractivity contribution in [1.82, 2.24) is 25.0 Å². The maximum absolute atomic E-state index is 12.7. The van der Waals surface area contributed by atoms with Crippen LogP contribution in [0.2, 0.25) is 0 Å². The van der Waals surface area contributed by atoms with E-state index in [2.05, 4.69) is 15.4 Å². The molecule has 0 spiro atoms. The molecule has 0 bridgehead atoms. The highest BCUT2D eigenvalue weighted by atomic mass is 16.5. The molecule has 26 heavy (non-hydrogen) atoms. The van der Waals surface area contributed by atoms with Gasteiger partial charge in [0, 0.05) is 31.6 Å². The Hall–Kier alpha value is -2.77. The molecule has 1 aromatic carbocycles. The van der Waals surface area contributed by atoms with Crippen LogP contribution >= 0.6 is 0 Å². The monoisotopic (exact) mass is 359 g/mol. The number of amides is 2. The van der Waals surface area contributed by atoms with Crippen LogP contribution in [0.4, 0.5) is 4.79 Å². The van der Waals surface area contributed by atoms with E-state index in [0.29, 0.717) is 31.9 Å². The van der Waals surface area contributed by atoms with Crippen LogP contribution in [0.1, 0.15) is 25.2 Å². The molecule has 0 radical (unpaired) electrons. The zero-order valence-electron chi connectivity index (χ0n) is 15.7. The molecular weight excluding hydrogens is 334 g/mol. The van der Waals surface area contributed by atoms with Crippen molar-refractivity contribution in [2.75, 3.05) is 20.2 Å². The fraction of sp³-hybridized carbons (Fsp3) is 0.500. The van der Waals surface area contributed by atoms with Crippen molar-refractivity contribution in [2.24, 2.45) is 7.05 Å². The number of urea groups is 1. The SMILES string of the molecule is COc1ccc2c(c1)OC(C)(C)CN(C(=O)NCCc1ncn(C)n1)C2. The summed E-state index contributed by atoms with van der Waals surface area (Å²) in [5.74, 6) is 2.20. The van der Waals surface area contributed by atoms with Crippen LogP contribution in [0.5, 0.6) is 11.5 Å². The van der Waals surface area contributed by atoms with Crippen molar-refractivity contribution in [2.45, 2.75) is 32.4 Å². The number of rotatable bonds is 4. The first kappa shape index (κ1) is 18.0. The van der Waals surface area contributed by atoms with Gasteiger partial charge < -0.3 is 19.7 Å². The van der Waals surface area contributed by atoms with Crippen molar-refractivity contribution in [3.63, 3.8) is 0 Å². The lowest BCUT2D eigenvalue weighted by atomic mass is 10.1. The van der Waals surface area contributed by atoms with Gasteiger partial charge in [-0.15, -0.1) is 0 Å². The van der Waals surface area contributed by atoms with E-state index >= 15 is 0 Å². The quantitative estimate of drug-likeness (QED) is 0.899. The number of benzene rings is 1. The number of nitrogens with zero attached hydrogens (tertiary/aromatic N) is 4. The molecule has 0 saturated carbocycles. The van der Waals surface area contributed by atoms with E-state index in [0.717, 1.165) is 17.1 Å². The molecule has 0 saturated heterocycles. The molecule has 2 heterocycles. The second kappa shape index (κ2) is 7.23. The zero-order chi connectivity index (χ0) is 18.7. The second-order valence-electron chi connectivity index (χ2n) is 7.01. The Balaban J connectivity index is 1.67. The number of aromatic nitrogens is 3. The average molecular weight is 359 g/mol. The normalized spacial score (nSPS) is 15.6. The Morgan fingerprint density at radius 1 is 1.42 bits per heavy atom. The van der Waals surface area contributed by atoms with Gasteiger partial charge in [-0.25, -0.2) is 9.78 Å². The maximum Gasteiger partial charge on any atom is 0.317 e. The molecule has 0 aliphatic carbocycles. The van der Waals surface area contributed by atoms with E-state index in [1.807, 2.05) is 39.1 Å². The maximum atomic E-state index is 12.7. The van der Waals surface area contributed by atoms with Gasteiger partial charge in [-0.1, -0.05) is 0 Å². The Bertz CT molecular complexity index is 787. The van der Waals surface area contributed by atoms with Gasteiger partial charge in [0.2, 0.25) is 0 Å². The van der Waals surface area contributed by atoms with Crippen molar-refractivity contribution < 1.29 is 14.3 Å². The predicted molar refractivity (Wildman–Crippen MR) is 96.2 cm³/mol. The number of ether oxygens (including phenoxy) is 2. The highest BCUT2D eigenvalue weighted by molar-refractivity contribution is 5.74. The lowest BCUT2D eigenvalue weighted by Gasteiger charge is -2.29. The number of hydrogen-bond acceptors (Lipinski definition) is 5. The number of hydrogen-bond donors (Lipinski definition) is 1. The smallest absolute Gasteiger partial charge is 0.317 e. The van der Waals surface area contributed by atoms with Crippen LogP contribution in [0, 0.1) is 0 Å². The Morgan fingerprint density at radius 3 is 2.92 bits per heavy atom. The largest absolute Gasteiger partial charge is 0.497 e. The molecule has 0 unspecified atom stereocenters. The minimum Gasteiger partial charge on any atom is -0.497 e. The molecule has 1 N–H and O–H groups in total. The fourth-order valence-electron chi connectivity index (χ4n) is 2.97. The average Bonchev–Trinajstić information content (AvgIpc) is 2.93. The summed E-state index contributed by atoms with van der Waals surface area (Å²) in [6, 6.07) is 5.56. The first-order valence-corrected chi connectivity index (χ1v) is 8.59. The van der Waals surface area contributed by atoms with Crippen LogP contribution in [0.25, 0.3) is 0 Å². The summed E-state index contributed by atoms with van der Waals surface area (Å²) in [4.78, 5) is 18.6. The summed E-state index contributed by atoms with van der Waals surface area (Å²) < 4.78 is 13.0. The highest BCUT2D eigenvalue weighted by Gasteiger charge is 2.31. The van der Waals surface area contributed by atoms with E-state index in [1.165, 1.54) is 0 Å². The minimum atomic E-state index is -0.502. The van der Waals surface area contributed by atoms with E-state index in [-0.39, 0.29) is 6.03 Å². The first-order valence-electron chi connectivity index (χ1n) is 8.59. The molecule has 8 heteroatoms. The molecule has 0 fully saturated rings. The minimum absolute atomic E-state index is 0.124. The lowest BCUT2D eigenvalue weighted by molar-refractivity contribution is 0.0806.